The van der Waals surface area contributed by atoms with Gasteiger partial charge in [-0.05, 0) is 52.9 Å². The van der Waals surface area contributed by atoms with Gasteiger partial charge in [0.25, 0.3) is 5.91 Å². The third-order valence-electron chi connectivity index (χ3n) is 2.96. The Balaban J connectivity index is 2.17. The molecule has 0 radical (unpaired) electrons. The highest BCUT2D eigenvalue weighted by atomic mass is 127. The number of amides is 1. The number of halogens is 1. The number of ether oxygens (including phenoxy) is 2. The van der Waals surface area contributed by atoms with Crippen LogP contribution in [0.2, 0.25) is 0 Å². The molecule has 0 aliphatic carbocycles. The van der Waals surface area contributed by atoms with E-state index in [-0.39, 0.29) is 5.91 Å². The van der Waals surface area contributed by atoms with Crippen LogP contribution in [0.5, 0.6) is 11.5 Å². The molecule has 0 atom stereocenters. The summed E-state index contributed by atoms with van der Waals surface area (Å²) in [6.45, 7) is 1.31. The maximum atomic E-state index is 12.1. The number of benzene rings is 2. The second-order valence-corrected chi connectivity index (χ2v) is 5.84. The van der Waals surface area contributed by atoms with Gasteiger partial charge in [0.15, 0.2) is 0 Å². The number of methoxy groups -OCH3 is 1. The summed E-state index contributed by atoms with van der Waals surface area (Å²) in [5, 5.41) is 3.93. The molecular formula is C17H15IN2O4. The quantitative estimate of drug-likeness (QED) is 0.256. The van der Waals surface area contributed by atoms with Gasteiger partial charge in [0.1, 0.15) is 11.5 Å². The molecule has 1 N–H and O–H groups in total. The lowest BCUT2D eigenvalue weighted by atomic mass is 10.2. The molecule has 1 amide bonds. The molecule has 2 aromatic carbocycles. The van der Waals surface area contributed by atoms with E-state index in [9.17, 15) is 9.59 Å². The zero-order valence-electron chi connectivity index (χ0n) is 13.1. The molecule has 0 aromatic heterocycles. The van der Waals surface area contributed by atoms with Crippen LogP contribution >= 0.6 is 22.6 Å². The summed E-state index contributed by atoms with van der Waals surface area (Å²) in [4.78, 5) is 23.3. The number of hydrogen-bond acceptors (Lipinski definition) is 5. The first-order valence-corrected chi connectivity index (χ1v) is 8.03. The maximum Gasteiger partial charge on any atom is 0.308 e. The number of nitrogens with zero attached hydrogens (tertiary/aromatic N) is 1. The average Bonchev–Trinajstić information content (AvgIpc) is 2.56. The largest absolute Gasteiger partial charge is 0.497 e. The van der Waals surface area contributed by atoms with E-state index in [0.29, 0.717) is 22.6 Å². The smallest absolute Gasteiger partial charge is 0.308 e. The maximum absolute atomic E-state index is 12.1. The van der Waals surface area contributed by atoms with Crippen molar-refractivity contribution in [1.29, 1.82) is 0 Å². The molecule has 0 saturated heterocycles. The van der Waals surface area contributed by atoms with Crippen molar-refractivity contribution in [3.63, 3.8) is 0 Å². The summed E-state index contributed by atoms with van der Waals surface area (Å²) in [6, 6.07) is 12.1. The fraction of sp³-hybridized carbons (Fsp3) is 0.118. The first kappa shape index (κ1) is 17.9. The van der Waals surface area contributed by atoms with Crippen molar-refractivity contribution < 1.29 is 19.1 Å². The van der Waals surface area contributed by atoms with Crippen LogP contribution in [0.3, 0.4) is 0 Å². The lowest BCUT2D eigenvalue weighted by Gasteiger charge is -2.07. The van der Waals surface area contributed by atoms with Crippen LogP contribution < -0.4 is 14.9 Å². The van der Waals surface area contributed by atoms with Crippen molar-refractivity contribution in [2.24, 2.45) is 5.10 Å². The average molecular weight is 438 g/mol. The molecule has 0 bridgehead atoms. The summed E-state index contributed by atoms with van der Waals surface area (Å²) in [5.41, 5.74) is 3.49. The van der Waals surface area contributed by atoms with Gasteiger partial charge in [-0.2, -0.15) is 5.10 Å². The van der Waals surface area contributed by atoms with Crippen LogP contribution in [0.4, 0.5) is 0 Å². The number of hydrogen-bond donors (Lipinski definition) is 1. The summed E-state index contributed by atoms with van der Waals surface area (Å²) in [7, 11) is 1.53. The lowest BCUT2D eigenvalue weighted by Crippen LogP contribution is -2.18. The van der Waals surface area contributed by atoms with Gasteiger partial charge in [0, 0.05) is 16.1 Å². The van der Waals surface area contributed by atoms with Gasteiger partial charge >= 0.3 is 5.97 Å². The summed E-state index contributed by atoms with van der Waals surface area (Å²) >= 11 is 2.08. The predicted molar refractivity (Wildman–Crippen MR) is 98.5 cm³/mol. The Bertz CT molecular complexity index is 790. The molecule has 2 rings (SSSR count). The molecule has 0 unspecified atom stereocenters. The molecule has 24 heavy (non-hydrogen) atoms. The van der Waals surface area contributed by atoms with Gasteiger partial charge in [-0.25, -0.2) is 5.43 Å². The molecule has 0 aliphatic heterocycles. The molecule has 6 nitrogen and oxygen atoms in total. The second kappa shape index (κ2) is 8.44. The normalized spacial score (nSPS) is 10.5. The fourth-order valence-corrected chi connectivity index (χ4v) is 2.50. The number of carbonyl (C=O) groups excluding carboxylic acids is 2. The van der Waals surface area contributed by atoms with E-state index < -0.39 is 5.97 Å². The van der Waals surface area contributed by atoms with Crippen molar-refractivity contribution in [3.05, 3.63) is 57.2 Å². The van der Waals surface area contributed by atoms with Gasteiger partial charge in [-0.3, -0.25) is 9.59 Å². The summed E-state index contributed by atoms with van der Waals surface area (Å²) in [5.74, 6) is 0.137. The summed E-state index contributed by atoms with van der Waals surface area (Å²) in [6.07, 6.45) is 1.40. The van der Waals surface area contributed by atoms with Gasteiger partial charge < -0.3 is 9.47 Å². The molecule has 124 valence electrons. The molecule has 0 saturated carbocycles. The van der Waals surface area contributed by atoms with Crippen molar-refractivity contribution >= 4 is 40.7 Å². The van der Waals surface area contributed by atoms with Crippen LogP contribution in [0.25, 0.3) is 0 Å². The Labute approximate surface area is 153 Å². The van der Waals surface area contributed by atoms with E-state index in [1.165, 1.54) is 20.2 Å². The van der Waals surface area contributed by atoms with E-state index in [1.807, 2.05) is 12.1 Å². The fourth-order valence-electron chi connectivity index (χ4n) is 1.87. The third kappa shape index (κ3) is 4.79. The molecular weight excluding hydrogens is 423 g/mol. The van der Waals surface area contributed by atoms with Gasteiger partial charge in [-0.1, -0.05) is 12.1 Å². The van der Waals surface area contributed by atoms with Crippen molar-refractivity contribution in [3.8, 4) is 11.5 Å². The highest BCUT2D eigenvalue weighted by molar-refractivity contribution is 14.1. The Morgan fingerprint density at radius 1 is 1.21 bits per heavy atom. The standard InChI is InChI=1S/C17H15IN2O4/c1-11(21)24-16-8-7-13(23-2)9-12(16)10-19-20-17(22)14-5-3-4-6-15(14)18/h3-10H,1-2H3,(H,20,22). The Kier molecular flexibility index (Phi) is 6.30. The molecule has 7 heteroatoms. The van der Waals surface area contributed by atoms with E-state index in [4.69, 9.17) is 9.47 Å². The van der Waals surface area contributed by atoms with Crippen LogP contribution in [-0.2, 0) is 4.79 Å². The SMILES string of the molecule is COc1ccc(OC(C)=O)c(C=NNC(=O)c2ccccc2I)c1. The third-order valence-corrected chi connectivity index (χ3v) is 3.90. The Morgan fingerprint density at radius 2 is 1.96 bits per heavy atom. The van der Waals surface area contributed by atoms with E-state index >= 15 is 0 Å². The number of rotatable bonds is 5. The number of hydrazone groups is 1. The Morgan fingerprint density at radius 3 is 2.62 bits per heavy atom. The predicted octanol–water partition coefficient (Wildman–Crippen LogP) is 2.99. The number of nitrogens with one attached hydrogen (secondary N) is 1. The molecule has 0 fully saturated rings. The van der Waals surface area contributed by atoms with Crippen LogP contribution in [-0.4, -0.2) is 25.2 Å². The topological polar surface area (TPSA) is 77.0 Å². The first-order chi connectivity index (χ1) is 11.5. The lowest BCUT2D eigenvalue weighted by molar-refractivity contribution is -0.131. The zero-order chi connectivity index (χ0) is 17.5. The van der Waals surface area contributed by atoms with E-state index in [0.717, 1.165) is 3.57 Å². The van der Waals surface area contributed by atoms with E-state index in [1.54, 1.807) is 30.3 Å². The van der Waals surface area contributed by atoms with E-state index in [2.05, 4.69) is 33.1 Å². The minimum Gasteiger partial charge on any atom is -0.497 e. The van der Waals surface area contributed by atoms with Crippen molar-refractivity contribution in [2.75, 3.05) is 7.11 Å². The summed E-state index contributed by atoms with van der Waals surface area (Å²) < 4.78 is 11.1. The molecule has 0 aliphatic rings. The highest BCUT2D eigenvalue weighted by Crippen LogP contribution is 2.23. The first-order valence-electron chi connectivity index (χ1n) is 6.95. The van der Waals surface area contributed by atoms with Crippen LogP contribution in [0.15, 0.2) is 47.6 Å². The molecule has 2 aromatic rings. The second-order valence-electron chi connectivity index (χ2n) is 4.68. The zero-order valence-corrected chi connectivity index (χ0v) is 15.2. The molecule has 0 heterocycles. The minimum absolute atomic E-state index is 0.326. The van der Waals surface area contributed by atoms with Gasteiger partial charge in [0.05, 0.1) is 18.9 Å². The van der Waals surface area contributed by atoms with Gasteiger partial charge in [0.2, 0.25) is 0 Å². The monoisotopic (exact) mass is 438 g/mol. The molecule has 0 spiro atoms. The van der Waals surface area contributed by atoms with Crippen molar-refractivity contribution in [2.45, 2.75) is 6.92 Å². The Hall–Kier alpha value is -2.42. The number of carbonyl (C=O) groups is 2. The minimum atomic E-state index is -0.447. The highest BCUT2D eigenvalue weighted by Gasteiger charge is 2.09. The van der Waals surface area contributed by atoms with Crippen LogP contribution in [0.1, 0.15) is 22.8 Å². The van der Waals surface area contributed by atoms with Gasteiger partial charge in [-0.15, -0.1) is 0 Å². The van der Waals surface area contributed by atoms with Crippen LogP contribution in [0, 0.1) is 3.57 Å². The number of esters is 1. The van der Waals surface area contributed by atoms with Crippen molar-refractivity contribution in [1.82, 2.24) is 5.43 Å².